The predicted octanol–water partition coefficient (Wildman–Crippen LogP) is 1.04. The summed E-state index contributed by atoms with van der Waals surface area (Å²) in [6, 6.07) is 0. The van der Waals surface area contributed by atoms with Gasteiger partial charge in [-0.05, 0) is 0 Å². The van der Waals surface area contributed by atoms with Gasteiger partial charge >= 0.3 is 96.5 Å². The molecule has 0 aromatic rings. The summed E-state index contributed by atoms with van der Waals surface area (Å²) in [5.41, 5.74) is 0.843. The van der Waals surface area contributed by atoms with Gasteiger partial charge in [-0.25, -0.2) is 0 Å². The Labute approximate surface area is 96.2 Å². The molecule has 1 heterocycles. The molecule has 1 aliphatic rings. The molecule has 0 aromatic heterocycles. The molecule has 0 aromatic carbocycles. The third-order valence-electron chi connectivity index (χ3n) is 1.14. The first kappa shape index (κ1) is 10.9. The van der Waals surface area contributed by atoms with E-state index in [2.05, 4.69) is 33.9 Å². The van der Waals surface area contributed by atoms with Crippen molar-refractivity contribution < 1.29 is 41.2 Å². The fourth-order valence-corrected chi connectivity index (χ4v) is 1.48. The Morgan fingerprint density at radius 2 is 2.46 bits per heavy atom. The van der Waals surface area contributed by atoms with Gasteiger partial charge in [-0.2, -0.15) is 0 Å². The number of hydroxylamine groups is 1. The van der Waals surface area contributed by atoms with Crippen molar-refractivity contribution in [3.05, 3.63) is 24.4 Å². The molecule has 67 valence electrons. The van der Waals surface area contributed by atoms with E-state index in [1.165, 1.54) is 24.5 Å². The zero-order valence-corrected chi connectivity index (χ0v) is 11.3. The first-order valence-corrected chi connectivity index (χ1v) is 5.61. The van der Waals surface area contributed by atoms with Crippen molar-refractivity contribution in [2.45, 2.75) is 6.92 Å². The zero-order valence-electron chi connectivity index (χ0n) is 6.97. The van der Waals surface area contributed by atoms with Crippen LogP contribution < -0.4 is 0 Å². The second-order valence-corrected chi connectivity index (χ2v) is 4.54. The average molecular weight is 384 g/mol. The van der Waals surface area contributed by atoms with E-state index >= 15 is 0 Å². The molecule has 0 atom stereocenters. The summed E-state index contributed by atoms with van der Waals surface area (Å²) in [7, 11) is 0. The molecule has 0 fully saturated rings. The Bertz CT molecular complexity index is 324. The van der Waals surface area contributed by atoms with Crippen LogP contribution in [-0.4, -0.2) is 13.6 Å². The standard InChI is InChI=1S/C7H7N3O.V.W/c1-3-5-7-6-8-9-10(7)11-4-2;;/h3,5H,1H2,2H3;;. The Balaban J connectivity index is 2.81. The predicted molar refractivity (Wildman–Crippen MR) is 41.7 cm³/mol. The van der Waals surface area contributed by atoms with Crippen LogP contribution in [0.2, 0.25) is 0 Å². The molecular formula is C7H7N3OVW. The van der Waals surface area contributed by atoms with Gasteiger partial charge in [0.1, 0.15) is 0 Å². The fourth-order valence-electron chi connectivity index (χ4n) is 0.702. The van der Waals surface area contributed by atoms with E-state index in [-0.39, 0.29) is 0 Å². The molecule has 1 rings (SSSR count). The molecule has 0 radical (unpaired) electrons. The molecule has 0 bridgehead atoms. The monoisotopic (exact) mass is 384 g/mol. The van der Waals surface area contributed by atoms with Gasteiger partial charge in [0.05, 0.1) is 0 Å². The van der Waals surface area contributed by atoms with Crippen LogP contribution in [0.1, 0.15) is 6.92 Å². The fraction of sp³-hybridized carbons (Fsp3) is 0.143. The van der Waals surface area contributed by atoms with Gasteiger partial charge in [0, 0.05) is 0 Å². The Kier molecular flexibility index (Phi) is 4.13. The van der Waals surface area contributed by atoms with Crippen LogP contribution in [0.3, 0.4) is 0 Å². The maximum atomic E-state index is 5.28. The third kappa shape index (κ3) is 2.92. The van der Waals surface area contributed by atoms with Crippen LogP contribution in [-0.2, 0) is 41.2 Å². The quantitative estimate of drug-likeness (QED) is 0.730. The molecule has 0 aliphatic carbocycles. The second kappa shape index (κ2) is 4.92. The molecule has 0 N–H and O–H groups in total. The number of hydrogen-bond acceptors (Lipinski definition) is 4. The Hall–Kier alpha value is -0.147. The SMILES string of the molecule is C=CC=C1[C](=[W])N=NN1O[C](C)=[V]. The minimum absolute atomic E-state index is 0.756. The van der Waals surface area contributed by atoms with Crippen molar-refractivity contribution in [1.29, 1.82) is 0 Å². The number of nitrogens with zero attached hydrogens (tertiary/aromatic N) is 3. The van der Waals surface area contributed by atoms with Gasteiger partial charge < -0.3 is 0 Å². The number of rotatable bonds is 3. The first-order valence-electron chi connectivity index (χ1n) is 3.44. The summed E-state index contributed by atoms with van der Waals surface area (Å²) in [6.45, 7) is 5.45. The van der Waals surface area contributed by atoms with Gasteiger partial charge in [-0.1, -0.05) is 0 Å². The van der Waals surface area contributed by atoms with Crippen molar-refractivity contribution in [3.8, 4) is 0 Å². The van der Waals surface area contributed by atoms with E-state index in [9.17, 15) is 0 Å². The van der Waals surface area contributed by atoms with E-state index in [0.29, 0.717) is 0 Å². The van der Waals surface area contributed by atoms with Gasteiger partial charge in [0.2, 0.25) is 0 Å². The van der Waals surface area contributed by atoms with Crippen molar-refractivity contribution in [2.75, 3.05) is 0 Å². The van der Waals surface area contributed by atoms with Crippen LogP contribution in [0.15, 0.2) is 34.8 Å². The maximum absolute atomic E-state index is 5.28. The van der Waals surface area contributed by atoms with Crippen molar-refractivity contribution in [2.24, 2.45) is 10.3 Å². The summed E-state index contributed by atoms with van der Waals surface area (Å²) >= 11 is 3.55. The molecule has 0 amide bonds. The van der Waals surface area contributed by atoms with E-state index < -0.39 is 0 Å². The Morgan fingerprint density at radius 1 is 1.77 bits per heavy atom. The van der Waals surface area contributed by atoms with Crippen LogP contribution >= 0.6 is 0 Å². The second-order valence-electron chi connectivity index (χ2n) is 2.17. The minimum atomic E-state index is 0.756. The van der Waals surface area contributed by atoms with E-state index in [1.807, 2.05) is 13.0 Å². The third-order valence-corrected chi connectivity index (χ3v) is 2.31. The molecule has 0 unspecified atom stereocenters. The van der Waals surface area contributed by atoms with Crippen molar-refractivity contribution in [3.63, 3.8) is 0 Å². The summed E-state index contributed by atoms with van der Waals surface area (Å²) in [4.78, 5) is 5.28. The van der Waals surface area contributed by atoms with Crippen molar-refractivity contribution in [1.82, 2.24) is 5.17 Å². The molecule has 0 spiro atoms. The summed E-state index contributed by atoms with van der Waals surface area (Å²) in [6.07, 6.45) is 3.50. The molecular weight excluding hydrogens is 377 g/mol. The summed E-state index contributed by atoms with van der Waals surface area (Å²) in [5.74, 6) is 0. The van der Waals surface area contributed by atoms with Gasteiger partial charge in [0.15, 0.2) is 0 Å². The first-order chi connectivity index (χ1) is 6.15. The van der Waals surface area contributed by atoms with Gasteiger partial charge in [0.25, 0.3) is 0 Å². The summed E-state index contributed by atoms with van der Waals surface area (Å²) < 4.78 is 1.65. The summed E-state index contributed by atoms with van der Waals surface area (Å²) in [5, 5.41) is 9.13. The van der Waals surface area contributed by atoms with Crippen LogP contribution in [0, 0.1) is 0 Å². The molecule has 0 saturated heterocycles. The van der Waals surface area contributed by atoms with E-state index in [4.69, 9.17) is 4.84 Å². The van der Waals surface area contributed by atoms with Crippen LogP contribution in [0.5, 0.6) is 0 Å². The molecule has 6 heteroatoms. The average Bonchev–Trinajstić information content (AvgIpc) is 2.35. The van der Waals surface area contributed by atoms with Crippen LogP contribution in [0.4, 0.5) is 0 Å². The molecule has 13 heavy (non-hydrogen) atoms. The van der Waals surface area contributed by atoms with Crippen molar-refractivity contribution >= 4 is 8.43 Å². The van der Waals surface area contributed by atoms with Crippen LogP contribution in [0.25, 0.3) is 0 Å². The number of allylic oxidation sites excluding steroid dienone is 2. The normalized spacial score (nSPS) is 18.3. The number of hydrogen-bond donors (Lipinski definition) is 0. The van der Waals surface area contributed by atoms with Gasteiger partial charge in [-0.3, -0.25) is 0 Å². The molecule has 1 aliphatic heterocycles. The van der Waals surface area contributed by atoms with Gasteiger partial charge in [-0.15, -0.1) is 0 Å². The zero-order chi connectivity index (χ0) is 9.84. The topological polar surface area (TPSA) is 37.2 Å². The van der Waals surface area contributed by atoms with E-state index in [1.54, 1.807) is 6.08 Å². The molecule has 4 nitrogen and oxygen atoms in total. The molecule has 0 saturated carbocycles. The Morgan fingerprint density at radius 3 is 3.00 bits per heavy atom. The van der Waals surface area contributed by atoms with E-state index in [0.717, 1.165) is 14.1 Å².